The van der Waals surface area contributed by atoms with Crippen LogP contribution in [0.25, 0.3) is 0 Å². The molecule has 0 aliphatic carbocycles. The van der Waals surface area contributed by atoms with Crippen molar-refractivity contribution < 1.29 is 0 Å². The number of rotatable bonds is 0. The highest BCUT2D eigenvalue weighted by Crippen LogP contribution is 2.33. The maximum absolute atomic E-state index is 4.42. The van der Waals surface area contributed by atoms with Gasteiger partial charge in [0.15, 0.2) is 0 Å². The monoisotopic (exact) mass is 129 g/mol. The van der Waals surface area contributed by atoms with Crippen LogP contribution in [-0.4, -0.2) is 23.4 Å². The summed E-state index contributed by atoms with van der Waals surface area (Å²) in [5.41, 5.74) is 0. The van der Waals surface area contributed by atoms with Gasteiger partial charge in [-0.2, -0.15) is 12.6 Å². The molecule has 2 heterocycles. The van der Waals surface area contributed by atoms with E-state index >= 15 is 0 Å². The molecule has 3 unspecified atom stereocenters. The third-order valence-electron chi connectivity index (χ3n) is 2.28. The quantitative estimate of drug-likeness (QED) is 0.477. The van der Waals surface area contributed by atoms with E-state index in [1.807, 2.05) is 0 Å². The van der Waals surface area contributed by atoms with Crippen LogP contribution >= 0.6 is 12.6 Å². The molecule has 1 nitrogen and oxygen atoms in total. The molecule has 0 N–H and O–H groups in total. The summed E-state index contributed by atoms with van der Waals surface area (Å²) >= 11 is 4.42. The van der Waals surface area contributed by atoms with Gasteiger partial charge in [0.1, 0.15) is 0 Å². The molecule has 2 heteroatoms. The fraction of sp³-hybridized carbons (Fsp3) is 1.00. The number of thiol groups is 1. The minimum atomic E-state index is 0.605. The van der Waals surface area contributed by atoms with Gasteiger partial charge >= 0.3 is 0 Å². The van der Waals surface area contributed by atoms with Crippen LogP contribution < -0.4 is 0 Å². The molecule has 0 spiro atoms. The van der Waals surface area contributed by atoms with Gasteiger partial charge in [0.2, 0.25) is 0 Å². The van der Waals surface area contributed by atoms with E-state index in [9.17, 15) is 0 Å². The highest BCUT2D eigenvalue weighted by molar-refractivity contribution is 7.80. The lowest BCUT2D eigenvalue weighted by atomic mass is 10.1. The molecule has 3 atom stereocenters. The predicted molar refractivity (Wildman–Crippen MR) is 37.1 cm³/mol. The van der Waals surface area contributed by atoms with E-state index in [4.69, 9.17) is 0 Å². The van der Waals surface area contributed by atoms with Crippen LogP contribution in [0.3, 0.4) is 0 Å². The standard InChI is InChI=1S/C6H11NS/c8-6-3-5-1-2-7(6)4-5/h5-6,8H,1-4H2. The molecule has 2 rings (SSSR count). The first-order valence-electron chi connectivity index (χ1n) is 3.28. The fourth-order valence-corrected chi connectivity index (χ4v) is 2.28. The van der Waals surface area contributed by atoms with Crippen molar-refractivity contribution in [3.63, 3.8) is 0 Å². The molecular weight excluding hydrogens is 118 g/mol. The molecule has 0 aromatic rings. The fourth-order valence-electron chi connectivity index (χ4n) is 1.77. The van der Waals surface area contributed by atoms with Crippen LogP contribution in [0.5, 0.6) is 0 Å². The maximum Gasteiger partial charge on any atom is 0.0530 e. The first kappa shape index (κ1) is 5.12. The van der Waals surface area contributed by atoms with Crippen LogP contribution in [0.1, 0.15) is 12.8 Å². The van der Waals surface area contributed by atoms with Crippen LogP contribution in [0.4, 0.5) is 0 Å². The molecule has 2 saturated heterocycles. The molecule has 0 radical (unpaired) electrons. The second kappa shape index (κ2) is 1.64. The van der Waals surface area contributed by atoms with Crippen LogP contribution in [0.15, 0.2) is 0 Å². The molecule has 2 bridgehead atoms. The Kier molecular flexibility index (Phi) is 1.05. The van der Waals surface area contributed by atoms with Crippen molar-refractivity contribution in [2.24, 2.45) is 5.92 Å². The van der Waals surface area contributed by atoms with Crippen LogP contribution in [-0.2, 0) is 0 Å². The number of piperidine rings is 1. The molecular formula is C6H11NS. The highest BCUT2D eigenvalue weighted by atomic mass is 32.1. The predicted octanol–water partition coefficient (Wildman–Crippen LogP) is 0.968. The lowest BCUT2D eigenvalue weighted by Gasteiger charge is -2.18. The normalized spacial score (nSPS) is 52.9. The Morgan fingerprint density at radius 3 is 2.62 bits per heavy atom. The van der Waals surface area contributed by atoms with E-state index in [1.165, 1.54) is 25.9 Å². The van der Waals surface area contributed by atoms with Crippen molar-refractivity contribution in [2.75, 3.05) is 13.1 Å². The third kappa shape index (κ3) is 0.594. The van der Waals surface area contributed by atoms with Gasteiger partial charge in [-0.05, 0) is 25.3 Å². The maximum atomic E-state index is 4.42. The first-order valence-corrected chi connectivity index (χ1v) is 3.80. The summed E-state index contributed by atoms with van der Waals surface area (Å²) in [6.07, 6.45) is 2.76. The van der Waals surface area contributed by atoms with Gasteiger partial charge in [0.05, 0.1) is 5.37 Å². The summed E-state index contributed by atoms with van der Waals surface area (Å²) in [6.45, 7) is 2.63. The van der Waals surface area contributed by atoms with E-state index in [0.29, 0.717) is 5.37 Å². The lowest BCUT2D eigenvalue weighted by Crippen LogP contribution is -2.24. The minimum absolute atomic E-state index is 0.605. The van der Waals surface area contributed by atoms with Crippen LogP contribution in [0, 0.1) is 5.92 Å². The summed E-state index contributed by atoms with van der Waals surface area (Å²) < 4.78 is 0. The molecule has 0 aromatic heterocycles. The minimum Gasteiger partial charge on any atom is -0.291 e. The van der Waals surface area contributed by atoms with Gasteiger partial charge in [0, 0.05) is 6.54 Å². The van der Waals surface area contributed by atoms with E-state index < -0.39 is 0 Å². The Balaban J connectivity index is 2.11. The Hall–Kier alpha value is 0.310. The van der Waals surface area contributed by atoms with Gasteiger partial charge in [-0.15, -0.1) is 0 Å². The Morgan fingerprint density at radius 2 is 2.38 bits per heavy atom. The van der Waals surface area contributed by atoms with Crippen molar-refractivity contribution >= 4 is 12.6 Å². The zero-order valence-electron chi connectivity index (χ0n) is 4.88. The molecule has 0 saturated carbocycles. The van der Waals surface area contributed by atoms with Crippen molar-refractivity contribution in [3.8, 4) is 0 Å². The highest BCUT2D eigenvalue weighted by Gasteiger charge is 2.34. The third-order valence-corrected chi connectivity index (χ3v) is 2.82. The molecule has 2 fully saturated rings. The molecule has 46 valence electrons. The van der Waals surface area contributed by atoms with Crippen LogP contribution in [0.2, 0.25) is 0 Å². The van der Waals surface area contributed by atoms with Gasteiger partial charge in [0.25, 0.3) is 0 Å². The van der Waals surface area contributed by atoms with Gasteiger partial charge in [-0.3, -0.25) is 4.90 Å². The van der Waals surface area contributed by atoms with Crippen molar-refractivity contribution in [1.82, 2.24) is 4.90 Å². The largest absolute Gasteiger partial charge is 0.291 e. The SMILES string of the molecule is SC1CC2CCN1C2. The average Bonchev–Trinajstić information content (AvgIpc) is 2.23. The number of hydrogen-bond acceptors (Lipinski definition) is 2. The summed E-state index contributed by atoms with van der Waals surface area (Å²) in [4.78, 5) is 2.47. The molecule has 2 aliphatic heterocycles. The number of fused-ring (bicyclic) bond motifs is 2. The van der Waals surface area contributed by atoms with E-state index in [0.717, 1.165) is 5.92 Å². The van der Waals surface area contributed by atoms with Crippen molar-refractivity contribution in [1.29, 1.82) is 0 Å². The lowest BCUT2D eigenvalue weighted by molar-refractivity contribution is 0.341. The van der Waals surface area contributed by atoms with E-state index in [-0.39, 0.29) is 0 Å². The smallest absolute Gasteiger partial charge is 0.0530 e. The van der Waals surface area contributed by atoms with Crippen molar-refractivity contribution in [2.45, 2.75) is 18.2 Å². The Bertz CT molecular complexity index is 103. The second-order valence-corrected chi connectivity index (χ2v) is 3.46. The summed E-state index contributed by atoms with van der Waals surface area (Å²) in [7, 11) is 0. The zero-order chi connectivity index (χ0) is 5.56. The summed E-state index contributed by atoms with van der Waals surface area (Å²) in [5, 5.41) is 0.605. The van der Waals surface area contributed by atoms with E-state index in [2.05, 4.69) is 17.5 Å². The first-order chi connectivity index (χ1) is 3.86. The molecule has 2 aliphatic rings. The molecule has 0 amide bonds. The van der Waals surface area contributed by atoms with Gasteiger partial charge in [-0.25, -0.2) is 0 Å². The zero-order valence-corrected chi connectivity index (χ0v) is 5.77. The number of nitrogens with zero attached hydrogens (tertiary/aromatic N) is 1. The average molecular weight is 129 g/mol. The van der Waals surface area contributed by atoms with E-state index in [1.54, 1.807) is 0 Å². The second-order valence-electron chi connectivity index (χ2n) is 2.87. The van der Waals surface area contributed by atoms with Gasteiger partial charge in [-0.1, -0.05) is 0 Å². The summed E-state index contributed by atoms with van der Waals surface area (Å²) in [6, 6.07) is 0. The molecule has 0 aromatic carbocycles. The topological polar surface area (TPSA) is 3.24 Å². The Morgan fingerprint density at radius 1 is 1.50 bits per heavy atom. The van der Waals surface area contributed by atoms with Crippen molar-refractivity contribution in [3.05, 3.63) is 0 Å². The number of hydrogen-bond donors (Lipinski definition) is 1. The van der Waals surface area contributed by atoms with Gasteiger partial charge < -0.3 is 0 Å². The summed E-state index contributed by atoms with van der Waals surface area (Å²) in [5.74, 6) is 0.998. The Labute approximate surface area is 55.5 Å². The molecule has 8 heavy (non-hydrogen) atoms.